The van der Waals surface area contributed by atoms with E-state index in [-0.39, 0.29) is 6.61 Å². The highest BCUT2D eigenvalue weighted by atomic mass is 16.4. The first kappa shape index (κ1) is 17.5. The Hall–Kier alpha value is -2.28. The smallest absolute Gasteiger partial charge is 0.325 e. The van der Waals surface area contributed by atoms with E-state index in [0.717, 1.165) is 30.8 Å². The summed E-state index contributed by atoms with van der Waals surface area (Å²) in [5.74, 6) is -0.836. The number of aliphatic carboxylic acids is 1. The van der Waals surface area contributed by atoms with Gasteiger partial charge >= 0.3 is 5.97 Å². The second-order valence-electron chi connectivity index (χ2n) is 6.31. The maximum absolute atomic E-state index is 11.8. The summed E-state index contributed by atoms with van der Waals surface area (Å²) in [4.78, 5) is 20.3. The Balaban J connectivity index is 1.63. The van der Waals surface area contributed by atoms with Crippen molar-refractivity contribution in [2.24, 2.45) is 0 Å². The Kier molecular flexibility index (Phi) is 5.75. The highest BCUT2D eigenvalue weighted by molar-refractivity contribution is 5.75. The minimum Gasteiger partial charge on any atom is -0.480 e. The van der Waals surface area contributed by atoms with Crippen molar-refractivity contribution in [1.82, 2.24) is 14.8 Å². The third-order valence-corrected chi connectivity index (χ3v) is 4.61. The van der Waals surface area contributed by atoms with Gasteiger partial charge in [-0.15, -0.1) is 0 Å². The van der Waals surface area contributed by atoms with Gasteiger partial charge in [-0.25, -0.2) is 0 Å². The maximum atomic E-state index is 11.8. The van der Waals surface area contributed by atoms with E-state index in [1.807, 2.05) is 17.2 Å². The molecule has 0 radical (unpaired) electrons. The molecular weight excluding hydrogens is 318 g/mol. The number of aliphatic hydroxyl groups is 1. The summed E-state index contributed by atoms with van der Waals surface area (Å²) in [7, 11) is 0. The normalized spacial score (nSPS) is 17.3. The molecule has 1 aromatic carbocycles. The van der Waals surface area contributed by atoms with Gasteiger partial charge in [0.05, 0.1) is 6.61 Å². The minimum absolute atomic E-state index is 0.0367. The fourth-order valence-corrected chi connectivity index (χ4v) is 3.24. The highest BCUT2D eigenvalue weighted by Crippen LogP contribution is 2.23. The number of hydrogen-bond acceptors (Lipinski definition) is 5. The molecule has 2 N–H and O–H groups in total. The van der Waals surface area contributed by atoms with Gasteiger partial charge in [0.2, 0.25) is 0 Å². The molecule has 3 rings (SSSR count). The van der Waals surface area contributed by atoms with Gasteiger partial charge < -0.3 is 10.2 Å². The zero-order valence-corrected chi connectivity index (χ0v) is 14.1. The van der Waals surface area contributed by atoms with Crippen LogP contribution in [0.1, 0.15) is 22.7 Å². The van der Waals surface area contributed by atoms with Gasteiger partial charge in [-0.05, 0) is 22.8 Å². The molecule has 2 aromatic rings. The summed E-state index contributed by atoms with van der Waals surface area (Å²) < 4.78 is 0. The van der Waals surface area contributed by atoms with Gasteiger partial charge in [-0.3, -0.25) is 19.6 Å². The summed E-state index contributed by atoms with van der Waals surface area (Å²) in [6, 6.07) is 10.5. The zero-order valence-electron chi connectivity index (χ0n) is 14.1. The molecule has 1 aromatic heterocycles. The molecule has 0 unspecified atom stereocenters. The van der Waals surface area contributed by atoms with Crippen LogP contribution in [0, 0.1) is 0 Å². The zero-order chi connectivity index (χ0) is 17.6. The van der Waals surface area contributed by atoms with E-state index in [4.69, 9.17) is 5.11 Å². The molecule has 0 amide bonds. The number of hydrogen-bond donors (Lipinski definition) is 2. The lowest BCUT2D eigenvalue weighted by molar-refractivity contribution is -0.144. The number of carboxylic acids is 1. The summed E-state index contributed by atoms with van der Waals surface area (Å²) in [6.07, 6.45) is 3.64. The summed E-state index contributed by atoms with van der Waals surface area (Å²) >= 11 is 0. The number of benzene rings is 1. The fourth-order valence-electron chi connectivity index (χ4n) is 3.24. The van der Waals surface area contributed by atoms with Crippen molar-refractivity contribution < 1.29 is 15.0 Å². The molecule has 0 bridgehead atoms. The first-order chi connectivity index (χ1) is 12.2. The van der Waals surface area contributed by atoms with Gasteiger partial charge in [0.15, 0.2) is 0 Å². The molecule has 1 saturated heterocycles. The van der Waals surface area contributed by atoms with Crippen LogP contribution in [-0.2, 0) is 17.9 Å². The molecule has 0 saturated carbocycles. The molecule has 132 valence electrons. The molecule has 1 aliphatic heterocycles. The largest absolute Gasteiger partial charge is 0.480 e. The van der Waals surface area contributed by atoms with E-state index in [9.17, 15) is 9.90 Å². The van der Waals surface area contributed by atoms with E-state index in [1.165, 1.54) is 5.56 Å². The van der Waals surface area contributed by atoms with Crippen LogP contribution in [-0.4, -0.2) is 57.1 Å². The van der Waals surface area contributed by atoms with Gasteiger partial charge in [-0.1, -0.05) is 30.3 Å². The Labute approximate surface area is 147 Å². The number of carbonyl (C=O) groups is 1. The first-order valence-electron chi connectivity index (χ1n) is 8.45. The number of rotatable bonds is 6. The van der Waals surface area contributed by atoms with Crippen molar-refractivity contribution in [1.29, 1.82) is 0 Å². The van der Waals surface area contributed by atoms with Crippen molar-refractivity contribution in [3.05, 3.63) is 65.5 Å². The number of pyridine rings is 1. The highest BCUT2D eigenvalue weighted by Gasteiger charge is 2.30. The molecule has 6 nitrogen and oxygen atoms in total. The molecule has 2 heterocycles. The van der Waals surface area contributed by atoms with Crippen LogP contribution < -0.4 is 0 Å². The van der Waals surface area contributed by atoms with Gasteiger partial charge in [-0.2, -0.15) is 0 Å². The second-order valence-corrected chi connectivity index (χ2v) is 6.31. The number of aliphatic hydroxyl groups excluding tert-OH is 1. The van der Waals surface area contributed by atoms with Crippen molar-refractivity contribution in [2.45, 2.75) is 19.2 Å². The van der Waals surface area contributed by atoms with E-state index in [1.54, 1.807) is 30.5 Å². The first-order valence-corrected chi connectivity index (χ1v) is 8.45. The Morgan fingerprint density at radius 1 is 1.08 bits per heavy atom. The topological polar surface area (TPSA) is 76.9 Å². The van der Waals surface area contributed by atoms with E-state index >= 15 is 0 Å². The Morgan fingerprint density at radius 2 is 1.80 bits per heavy atom. The van der Waals surface area contributed by atoms with Crippen LogP contribution in [0.15, 0.2) is 48.8 Å². The molecule has 1 fully saturated rings. The van der Waals surface area contributed by atoms with E-state index < -0.39 is 12.0 Å². The second kappa shape index (κ2) is 8.20. The monoisotopic (exact) mass is 341 g/mol. The average Bonchev–Trinajstić information content (AvgIpc) is 2.64. The number of nitrogens with zero attached hydrogens (tertiary/aromatic N) is 3. The number of piperazine rings is 1. The van der Waals surface area contributed by atoms with Crippen LogP contribution >= 0.6 is 0 Å². The standard InChI is InChI=1S/C19H23N3O3/c23-14-15-3-5-17(6-4-15)18(19(24)25)22-10-8-21(9-11-22)13-16-2-1-7-20-12-16/h1-7,12,18,23H,8-11,13-14H2,(H,24,25)/t18-/m1/s1. The Bertz CT molecular complexity index is 683. The number of carboxylic acid groups (broad SMARTS) is 1. The third kappa shape index (κ3) is 4.42. The molecule has 0 aliphatic carbocycles. The molecule has 6 heteroatoms. The van der Waals surface area contributed by atoms with E-state index in [2.05, 4.69) is 16.0 Å². The quantitative estimate of drug-likeness (QED) is 0.830. The van der Waals surface area contributed by atoms with Gasteiger partial charge in [0.25, 0.3) is 0 Å². The Morgan fingerprint density at radius 3 is 2.36 bits per heavy atom. The van der Waals surface area contributed by atoms with Crippen molar-refractivity contribution in [3.63, 3.8) is 0 Å². The van der Waals surface area contributed by atoms with Crippen LogP contribution in [0.5, 0.6) is 0 Å². The molecule has 0 spiro atoms. The lowest BCUT2D eigenvalue weighted by Gasteiger charge is -2.37. The molecule has 1 aliphatic rings. The van der Waals surface area contributed by atoms with Gasteiger partial charge in [0.1, 0.15) is 6.04 Å². The minimum atomic E-state index is -0.836. The van der Waals surface area contributed by atoms with E-state index in [0.29, 0.717) is 13.1 Å². The van der Waals surface area contributed by atoms with Crippen LogP contribution in [0.2, 0.25) is 0 Å². The lowest BCUT2D eigenvalue weighted by Crippen LogP contribution is -2.48. The van der Waals surface area contributed by atoms with Crippen LogP contribution in [0.25, 0.3) is 0 Å². The third-order valence-electron chi connectivity index (χ3n) is 4.61. The van der Waals surface area contributed by atoms with Crippen molar-refractivity contribution in [2.75, 3.05) is 26.2 Å². The van der Waals surface area contributed by atoms with Crippen molar-refractivity contribution >= 4 is 5.97 Å². The summed E-state index contributed by atoms with van der Waals surface area (Å²) in [5, 5.41) is 18.8. The van der Waals surface area contributed by atoms with Crippen LogP contribution in [0.4, 0.5) is 0 Å². The molecule has 25 heavy (non-hydrogen) atoms. The predicted molar refractivity (Wildman–Crippen MR) is 93.8 cm³/mol. The predicted octanol–water partition coefficient (Wildman–Crippen LogP) is 1.52. The van der Waals surface area contributed by atoms with Crippen LogP contribution in [0.3, 0.4) is 0 Å². The molecule has 1 atom stereocenters. The molecular formula is C19H23N3O3. The fraction of sp³-hybridized carbons (Fsp3) is 0.368. The SMILES string of the molecule is O=C(O)[C@@H](c1ccc(CO)cc1)N1CCN(Cc2cccnc2)CC1. The van der Waals surface area contributed by atoms with Gasteiger partial charge in [0, 0.05) is 45.1 Å². The lowest BCUT2D eigenvalue weighted by atomic mass is 10.0. The average molecular weight is 341 g/mol. The number of aromatic nitrogens is 1. The maximum Gasteiger partial charge on any atom is 0.325 e. The van der Waals surface area contributed by atoms with Crippen molar-refractivity contribution in [3.8, 4) is 0 Å². The summed E-state index contributed by atoms with van der Waals surface area (Å²) in [5.41, 5.74) is 2.71. The summed E-state index contributed by atoms with van der Waals surface area (Å²) in [6.45, 7) is 3.87.